The number of esters is 1. The van der Waals surface area contributed by atoms with Gasteiger partial charge in [0.05, 0.1) is 13.7 Å². The van der Waals surface area contributed by atoms with E-state index in [4.69, 9.17) is 11.6 Å². The third kappa shape index (κ3) is 2.45. The van der Waals surface area contributed by atoms with Crippen molar-refractivity contribution in [2.75, 3.05) is 20.8 Å². The number of hydrogen-bond acceptors (Lipinski definition) is 5. The predicted molar refractivity (Wildman–Crippen MR) is 47.9 cm³/mol. The number of halogens is 2. The molecule has 0 spiro atoms. The highest BCUT2D eigenvalue weighted by atomic mass is 35.5. The van der Waals surface area contributed by atoms with Crippen LogP contribution in [-0.4, -0.2) is 31.6 Å². The van der Waals surface area contributed by atoms with E-state index in [1.807, 2.05) is 0 Å². The Balaban J connectivity index is 5.03. The molecule has 0 amide bonds. The Bertz CT molecular complexity index is 261. The van der Waals surface area contributed by atoms with Crippen LogP contribution in [0, 0.1) is 0 Å². The van der Waals surface area contributed by atoms with Crippen molar-refractivity contribution in [3.8, 4) is 0 Å². The topological polar surface area (TPSA) is 61.8 Å². The summed E-state index contributed by atoms with van der Waals surface area (Å²) in [4.78, 5) is 8.29. The largest absolute Gasteiger partial charge is 0.465 e. The fourth-order valence-corrected chi connectivity index (χ4v) is 1.93. The molecule has 0 saturated heterocycles. The number of alkyl halides is 1. The summed E-state index contributed by atoms with van der Waals surface area (Å²) in [5.74, 6) is -1.30. The van der Waals surface area contributed by atoms with E-state index in [1.54, 1.807) is 0 Å². The predicted octanol–water partition coefficient (Wildman–Crippen LogP) is 1.90. The molecule has 5 nitrogen and oxygen atoms in total. The molecule has 2 atom stereocenters. The Morgan fingerprint density at radius 1 is 1.57 bits per heavy atom. The number of carbonyl (C=O) groups excluding carboxylic acids is 1. The first-order valence-electron chi connectivity index (χ1n) is 3.62. The molecule has 0 fully saturated rings. The maximum atomic E-state index is 13.4. The van der Waals surface area contributed by atoms with Gasteiger partial charge in [0.1, 0.15) is 0 Å². The summed E-state index contributed by atoms with van der Waals surface area (Å²) in [6.07, 6.45) is 0. The zero-order chi connectivity index (χ0) is 11.4. The molecule has 14 heavy (non-hydrogen) atoms. The second-order valence-electron chi connectivity index (χ2n) is 2.15. The van der Waals surface area contributed by atoms with E-state index in [9.17, 15) is 13.6 Å². The molecule has 0 radical (unpaired) electrons. The smallest absolute Gasteiger partial charge is 0.425 e. The van der Waals surface area contributed by atoms with Crippen molar-refractivity contribution in [1.82, 2.24) is 0 Å². The fourth-order valence-electron chi connectivity index (χ4n) is 0.676. The van der Waals surface area contributed by atoms with Gasteiger partial charge in [0.25, 0.3) is 0 Å². The van der Waals surface area contributed by atoms with Crippen LogP contribution < -0.4 is 0 Å². The lowest BCUT2D eigenvalue weighted by molar-refractivity contribution is -0.151. The number of hydrogen-bond donors (Lipinski definition) is 0. The Kier molecular flexibility index (Phi) is 5.01. The van der Waals surface area contributed by atoms with Crippen LogP contribution in [0.4, 0.5) is 4.20 Å². The highest BCUT2D eigenvalue weighted by molar-refractivity contribution is 7.58. The van der Waals surface area contributed by atoms with Gasteiger partial charge in [-0.05, 0) is 6.92 Å². The van der Waals surface area contributed by atoms with Crippen LogP contribution in [0.25, 0.3) is 0 Å². The maximum absolute atomic E-state index is 13.4. The van der Waals surface area contributed by atoms with Crippen LogP contribution in [0.1, 0.15) is 6.92 Å². The van der Waals surface area contributed by atoms with Crippen LogP contribution in [0.5, 0.6) is 0 Å². The molecule has 0 bridgehead atoms. The van der Waals surface area contributed by atoms with Gasteiger partial charge in [-0.2, -0.15) is 4.20 Å². The first-order valence-corrected chi connectivity index (χ1v) is 5.51. The summed E-state index contributed by atoms with van der Waals surface area (Å²) in [5.41, 5.74) is 0. The molecule has 0 N–H and O–H groups in total. The van der Waals surface area contributed by atoms with Gasteiger partial charge in [-0.25, -0.2) is 9.36 Å². The van der Waals surface area contributed by atoms with Crippen LogP contribution in [-0.2, 0) is 23.4 Å². The van der Waals surface area contributed by atoms with E-state index < -0.39 is 18.5 Å². The van der Waals surface area contributed by atoms with Gasteiger partial charge in [0.15, 0.2) is 0 Å². The highest BCUT2D eigenvalue weighted by Gasteiger charge is 2.58. The molecule has 84 valence electrons. The quantitative estimate of drug-likeness (QED) is 0.422. The van der Waals surface area contributed by atoms with E-state index in [2.05, 4.69) is 14.0 Å². The van der Waals surface area contributed by atoms with Gasteiger partial charge < -0.3 is 14.0 Å². The summed E-state index contributed by atoms with van der Waals surface area (Å²) in [5, 5.41) is 0. The zero-order valence-electron chi connectivity index (χ0n) is 7.95. The molecule has 0 aliphatic rings. The Hall–Kier alpha value is -0.160. The van der Waals surface area contributed by atoms with Crippen molar-refractivity contribution in [1.29, 1.82) is 0 Å². The molecule has 0 aliphatic heterocycles. The van der Waals surface area contributed by atoms with E-state index in [0.29, 0.717) is 0 Å². The molecule has 0 aromatic rings. The maximum Gasteiger partial charge on any atom is 0.425 e. The minimum atomic E-state index is -4.92. The van der Waals surface area contributed by atoms with Crippen LogP contribution in [0.15, 0.2) is 0 Å². The normalized spacial score (nSPS) is 19.5. The third-order valence-electron chi connectivity index (χ3n) is 1.35. The summed E-state index contributed by atoms with van der Waals surface area (Å²) in [7, 11) is -3.03. The molecule has 0 aromatic carbocycles. The Labute approximate surface area is 86.0 Å². The van der Waals surface area contributed by atoms with E-state index >= 15 is 0 Å². The second-order valence-corrected chi connectivity index (χ2v) is 4.80. The zero-order valence-corrected chi connectivity index (χ0v) is 9.60. The lowest BCUT2D eigenvalue weighted by Gasteiger charge is -2.24. The standard InChI is InChI=1S/C6H11ClFO5P/c1-4-13-14(8,10)6(7,12-3)5(9)11-2/h4H2,1-3H3. The summed E-state index contributed by atoms with van der Waals surface area (Å²) in [6, 6.07) is 0. The Morgan fingerprint density at radius 2 is 2.07 bits per heavy atom. The van der Waals surface area contributed by atoms with E-state index in [0.717, 1.165) is 14.2 Å². The molecular formula is C6H11ClFO5P. The SMILES string of the molecule is CCOP(=O)(F)C(Cl)(OC)C(=O)OC. The van der Waals surface area contributed by atoms with Gasteiger partial charge in [-0.3, -0.25) is 0 Å². The molecule has 0 heterocycles. The molecule has 0 aromatic heterocycles. The number of rotatable bonds is 5. The summed E-state index contributed by atoms with van der Waals surface area (Å²) >= 11 is 5.38. The molecule has 2 unspecified atom stereocenters. The van der Waals surface area contributed by atoms with Gasteiger partial charge in [0.2, 0.25) is 0 Å². The average molecular weight is 249 g/mol. The first kappa shape index (κ1) is 13.8. The number of ether oxygens (including phenoxy) is 2. The molecule has 0 saturated carbocycles. The fraction of sp³-hybridized carbons (Fsp3) is 0.833. The Morgan fingerprint density at radius 3 is 2.36 bits per heavy atom. The van der Waals surface area contributed by atoms with Crippen LogP contribution in [0.3, 0.4) is 0 Å². The number of methoxy groups -OCH3 is 2. The van der Waals surface area contributed by atoms with Crippen molar-refractivity contribution in [3.05, 3.63) is 0 Å². The molecule has 0 aliphatic carbocycles. The number of carbonyl (C=O) groups is 1. The summed E-state index contributed by atoms with van der Waals surface area (Å²) in [6.45, 7) is 1.19. The lowest BCUT2D eigenvalue weighted by Crippen LogP contribution is -2.35. The molecule has 8 heteroatoms. The monoisotopic (exact) mass is 248 g/mol. The van der Waals surface area contributed by atoms with Gasteiger partial charge in [-0.1, -0.05) is 11.6 Å². The van der Waals surface area contributed by atoms with Gasteiger partial charge in [-0.15, -0.1) is 0 Å². The third-order valence-corrected chi connectivity index (χ3v) is 3.90. The van der Waals surface area contributed by atoms with Gasteiger partial charge in [0, 0.05) is 7.11 Å². The van der Waals surface area contributed by atoms with Crippen LogP contribution in [0.2, 0.25) is 0 Å². The minimum absolute atomic E-state index is 0.206. The van der Waals surface area contributed by atoms with Gasteiger partial charge >= 0.3 is 18.5 Å². The molecule has 0 rings (SSSR count). The van der Waals surface area contributed by atoms with E-state index in [-0.39, 0.29) is 6.61 Å². The highest BCUT2D eigenvalue weighted by Crippen LogP contribution is 2.63. The van der Waals surface area contributed by atoms with Crippen molar-refractivity contribution >= 4 is 25.2 Å². The first-order chi connectivity index (χ1) is 6.35. The van der Waals surface area contributed by atoms with Crippen molar-refractivity contribution in [2.24, 2.45) is 0 Å². The lowest BCUT2D eigenvalue weighted by atomic mass is 10.7. The van der Waals surface area contributed by atoms with Crippen molar-refractivity contribution in [2.45, 2.75) is 11.7 Å². The van der Waals surface area contributed by atoms with Crippen LogP contribution >= 0.6 is 19.3 Å². The average Bonchev–Trinajstić information content (AvgIpc) is 2.14. The second kappa shape index (κ2) is 5.07. The van der Waals surface area contributed by atoms with Crippen molar-refractivity contribution < 1.29 is 27.6 Å². The summed E-state index contributed by atoms with van der Waals surface area (Å²) < 4.78 is 37.3. The van der Waals surface area contributed by atoms with Crippen molar-refractivity contribution in [3.63, 3.8) is 0 Å². The van der Waals surface area contributed by atoms with E-state index in [1.165, 1.54) is 6.92 Å². The molecular weight excluding hydrogens is 237 g/mol. The minimum Gasteiger partial charge on any atom is -0.465 e.